The van der Waals surface area contributed by atoms with Crippen molar-refractivity contribution in [2.45, 2.75) is 72.8 Å². The average molecular weight is 487 g/mol. The molecule has 5 rings (SSSR count). The van der Waals surface area contributed by atoms with Gasteiger partial charge in [-0.25, -0.2) is 0 Å². The molecular formula is C36H40N+. The van der Waals surface area contributed by atoms with Gasteiger partial charge in [-0.3, -0.25) is 0 Å². The van der Waals surface area contributed by atoms with Gasteiger partial charge in [-0.15, -0.1) is 0 Å². The van der Waals surface area contributed by atoms with Crippen LogP contribution < -0.4 is 4.57 Å². The Morgan fingerprint density at radius 3 is 2.00 bits per heavy atom. The van der Waals surface area contributed by atoms with Crippen LogP contribution in [0.5, 0.6) is 0 Å². The zero-order chi connectivity index (χ0) is 26.7. The Morgan fingerprint density at radius 1 is 0.730 bits per heavy atom. The molecule has 1 aliphatic rings. The van der Waals surface area contributed by atoms with Crippen molar-refractivity contribution in [1.29, 1.82) is 0 Å². The van der Waals surface area contributed by atoms with E-state index in [2.05, 4.69) is 139 Å². The summed E-state index contributed by atoms with van der Waals surface area (Å²) in [4.78, 5) is 0. The van der Waals surface area contributed by atoms with Gasteiger partial charge in [0.05, 0.1) is 5.56 Å². The molecule has 188 valence electrons. The van der Waals surface area contributed by atoms with Crippen LogP contribution in [0.25, 0.3) is 39.1 Å². The standard InChI is InChI=1S/C36H40N/c1-23(2)30-12-10-11-13-31(30)25-14-15-32-27(17-25)21-37-22-33(24(3)16-34(32)37)26-18-28(35(4,5)6)20-29(19-26)36(7,8)9/h10-20,22H,1,21H2,2-9H3/q+1. The van der Waals surface area contributed by atoms with E-state index in [4.69, 9.17) is 0 Å². The maximum absolute atomic E-state index is 4.20. The highest BCUT2D eigenvalue weighted by Crippen LogP contribution is 2.38. The summed E-state index contributed by atoms with van der Waals surface area (Å²) in [6, 6.07) is 25.1. The van der Waals surface area contributed by atoms with Crippen LogP contribution in [-0.2, 0) is 17.4 Å². The topological polar surface area (TPSA) is 3.88 Å². The maximum Gasteiger partial charge on any atom is 0.213 e. The van der Waals surface area contributed by atoms with Gasteiger partial charge in [-0.2, -0.15) is 4.57 Å². The highest BCUT2D eigenvalue weighted by Gasteiger charge is 2.29. The molecule has 0 aliphatic carbocycles. The van der Waals surface area contributed by atoms with Gasteiger partial charge in [0, 0.05) is 17.2 Å². The second-order valence-corrected chi connectivity index (χ2v) is 12.9. The highest BCUT2D eigenvalue weighted by molar-refractivity contribution is 5.82. The van der Waals surface area contributed by atoms with Gasteiger partial charge < -0.3 is 0 Å². The molecule has 0 fully saturated rings. The predicted molar refractivity (Wildman–Crippen MR) is 159 cm³/mol. The average Bonchev–Trinajstić information content (AvgIpc) is 3.18. The number of aromatic nitrogens is 1. The van der Waals surface area contributed by atoms with Crippen molar-refractivity contribution >= 4 is 5.57 Å². The van der Waals surface area contributed by atoms with E-state index in [1.54, 1.807) is 0 Å². The fourth-order valence-electron chi connectivity index (χ4n) is 5.44. The Hall–Kier alpha value is -3.45. The van der Waals surface area contributed by atoms with Crippen molar-refractivity contribution in [2.24, 2.45) is 0 Å². The van der Waals surface area contributed by atoms with Gasteiger partial charge in [0.1, 0.15) is 0 Å². The molecule has 0 radical (unpaired) electrons. The fraction of sp³-hybridized carbons (Fsp3) is 0.306. The first-order valence-corrected chi connectivity index (χ1v) is 13.4. The van der Waals surface area contributed by atoms with Gasteiger partial charge in [-0.05, 0) is 75.8 Å². The summed E-state index contributed by atoms with van der Waals surface area (Å²) in [5, 5.41) is 0. The lowest BCUT2D eigenvalue weighted by atomic mass is 9.78. The summed E-state index contributed by atoms with van der Waals surface area (Å²) >= 11 is 0. The molecule has 4 aromatic rings. The van der Waals surface area contributed by atoms with Crippen LogP contribution in [0.15, 0.2) is 79.5 Å². The third kappa shape index (κ3) is 4.68. The van der Waals surface area contributed by atoms with Crippen LogP contribution in [0.2, 0.25) is 0 Å². The first kappa shape index (κ1) is 25.2. The third-order valence-electron chi connectivity index (χ3n) is 7.77. The maximum atomic E-state index is 4.20. The van der Waals surface area contributed by atoms with E-state index in [9.17, 15) is 0 Å². The van der Waals surface area contributed by atoms with E-state index >= 15 is 0 Å². The van der Waals surface area contributed by atoms with Crippen molar-refractivity contribution in [3.63, 3.8) is 0 Å². The molecular weight excluding hydrogens is 446 g/mol. The molecule has 0 amide bonds. The number of hydrogen-bond acceptors (Lipinski definition) is 0. The van der Waals surface area contributed by atoms with Crippen LogP contribution in [0.1, 0.15) is 76.3 Å². The Morgan fingerprint density at radius 2 is 1.38 bits per heavy atom. The lowest BCUT2D eigenvalue weighted by Gasteiger charge is -2.26. The summed E-state index contributed by atoms with van der Waals surface area (Å²) in [6.07, 6.45) is 2.38. The van der Waals surface area contributed by atoms with E-state index in [1.807, 2.05) is 0 Å². The molecule has 0 atom stereocenters. The molecule has 0 saturated heterocycles. The second-order valence-electron chi connectivity index (χ2n) is 12.9. The summed E-state index contributed by atoms with van der Waals surface area (Å²) in [5.74, 6) is 0. The SMILES string of the molecule is C=C(C)c1ccccc1-c1ccc2c(c1)C[n+]1cc(-c3cc(C(C)(C)C)cc(C(C)(C)C)c3)c(C)cc1-2. The van der Waals surface area contributed by atoms with E-state index in [0.717, 1.165) is 12.1 Å². The van der Waals surface area contributed by atoms with Crippen molar-refractivity contribution in [3.8, 4) is 33.5 Å². The van der Waals surface area contributed by atoms with Crippen LogP contribution in [-0.4, -0.2) is 0 Å². The van der Waals surface area contributed by atoms with E-state index in [0.29, 0.717) is 0 Å². The molecule has 2 heterocycles. The number of hydrogen-bond donors (Lipinski definition) is 0. The molecule has 0 unspecified atom stereocenters. The van der Waals surface area contributed by atoms with Crippen molar-refractivity contribution in [3.05, 3.63) is 107 Å². The zero-order valence-electron chi connectivity index (χ0n) is 23.8. The van der Waals surface area contributed by atoms with Crippen LogP contribution >= 0.6 is 0 Å². The Labute approximate surface area is 223 Å². The van der Waals surface area contributed by atoms with E-state index < -0.39 is 0 Å². The zero-order valence-corrected chi connectivity index (χ0v) is 23.8. The molecule has 1 nitrogen and oxygen atoms in total. The van der Waals surface area contributed by atoms with E-state index in [-0.39, 0.29) is 10.8 Å². The molecule has 3 aromatic carbocycles. The Bertz CT molecular complexity index is 1500. The van der Waals surface area contributed by atoms with Crippen molar-refractivity contribution in [2.75, 3.05) is 0 Å². The van der Waals surface area contributed by atoms with E-state index in [1.165, 1.54) is 61.3 Å². The number of allylic oxidation sites excluding steroid dienone is 1. The van der Waals surface area contributed by atoms with Gasteiger partial charge in [-0.1, -0.05) is 102 Å². The van der Waals surface area contributed by atoms with Crippen LogP contribution in [0, 0.1) is 6.92 Å². The predicted octanol–water partition coefficient (Wildman–Crippen LogP) is 9.27. The number of benzene rings is 3. The molecule has 1 aliphatic heterocycles. The van der Waals surface area contributed by atoms with Gasteiger partial charge in [0.25, 0.3) is 0 Å². The third-order valence-corrected chi connectivity index (χ3v) is 7.77. The number of nitrogens with zero attached hydrogens (tertiary/aromatic N) is 1. The van der Waals surface area contributed by atoms with Gasteiger partial charge in [0.2, 0.25) is 5.69 Å². The minimum Gasteiger partial charge on any atom is -0.193 e. The lowest BCUT2D eigenvalue weighted by molar-refractivity contribution is -0.671. The molecule has 1 heteroatoms. The van der Waals surface area contributed by atoms with Crippen LogP contribution in [0.4, 0.5) is 0 Å². The number of aryl methyl sites for hydroxylation is 1. The quantitative estimate of drug-likeness (QED) is 0.224. The molecule has 1 aromatic heterocycles. The molecule has 0 spiro atoms. The highest BCUT2D eigenvalue weighted by atomic mass is 15.0. The van der Waals surface area contributed by atoms with Crippen molar-refractivity contribution < 1.29 is 4.57 Å². The lowest BCUT2D eigenvalue weighted by Crippen LogP contribution is -2.32. The van der Waals surface area contributed by atoms with Gasteiger partial charge >= 0.3 is 0 Å². The summed E-state index contributed by atoms with van der Waals surface area (Å²) in [5.41, 5.74) is 15.8. The first-order valence-electron chi connectivity index (χ1n) is 13.4. The summed E-state index contributed by atoms with van der Waals surface area (Å²) in [7, 11) is 0. The van der Waals surface area contributed by atoms with Crippen molar-refractivity contribution in [1.82, 2.24) is 0 Å². The number of fused-ring (bicyclic) bond motifs is 3. The van der Waals surface area contributed by atoms with Gasteiger partial charge in [0.15, 0.2) is 12.7 Å². The number of pyridine rings is 1. The molecule has 37 heavy (non-hydrogen) atoms. The Kier molecular flexibility index (Phi) is 6.02. The molecule has 0 N–H and O–H groups in total. The second kappa shape index (κ2) is 8.84. The minimum absolute atomic E-state index is 0.0977. The Balaban J connectivity index is 1.59. The largest absolute Gasteiger partial charge is 0.213 e. The molecule has 0 bridgehead atoms. The normalized spacial score (nSPS) is 12.9. The summed E-state index contributed by atoms with van der Waals surface area (Å²) < 4.78 is 2.43. The fourth-order valence-corrected chi connectivity index (χ4v) is 5.44. The number of rotatable bonds is 3. The first-order chi connectivity index (χ1) is 17.3. The smallest absolute Gasteiger partial charge is 0.193 e. The summed E-state index contributed by atoms with van der Waals surface area (Å²) in [6.45, 7) is 23.3. The van der Waals surface area contributed by atoms with Crippen LogP contribution in [0.3, 0.4) is 0 Å². The minimum atomic E-state index is 0.0977. The monoisotopic (exact) mass is 486 g/mol. The molecule has 0 saturated carbocycles.